The van der Waals surface area contributed by atoms with Gasteiger partial charge in [-0.15, -0.1) is 0 Å². The van der Waals surface area contributed by atoms with Crippen molar-refractivity contribution in [2.24, 2.45) is 0 Å². The van der Waals surface area contributed by atoms with Crippen molar-refractivity contribution in [1.29, 1.82) is 0 Å². The highest BCUT2D eigenvalue weighted by molar-refractivity contribution is 7.59. The average molecular weight is 296 g/mol. The summed E-state index contributed by atoms with van der Waals surface area (Å²) in [6.07, 6.45) is 21.5. The molecule has 0 heterocycles. The van der Waals surface area contributed by atoms with Crippen LogP contribution in [0.4, 0.5) is 0 Å². The Balaban J connectivity index is 1.98. The van der Waals surface area contributed by atoms with Gasteiger partial charge in [-0.1, -0.05) is 86.0 Å². The summed E-state index contributed by atoms with van der Waals surface area (Å²) in [6.45, 7) is 5.09. The van der Waals surface area contributed by atoms with Crippen molar-refractivity contribution in [1.82, 2.24) is 0 Å². The van der Waals surface area contributed by atoms with E-state index in [2.05, 4.69) is 13.8 Å². The van der Waals surface area contributed by atoms with E-state index in [0.29, 0.717) is 0 Å². The maximum atomic E-state index is 2.54. The van der Waals surface area contributed by atoms with Gasteiger partial charge in [0.15, 0.2) is 0 Å². The number of rotatable bonds is 3. The Hall–Kier alpha value is 0.430. The van der Waals surface area contributed by atoms with Gasteiger partial charge in [0, 0.05) is 0 Å². The van der Waals surface area contributed by atoms with Crippen molar-refractivity contribution in [2.45, 2.75) is 121 Å². The first-order chi connectivity index (χ1) is 9.79. The van der Waals surface area contributed by atoms with Gasteiger partial charge in [-0.3, -0.25) is 0 Å². The second kappa shape index (κ2) is 9.45. The van der Waals surface area contributed by atoms with Crippen LogP contribution in [0.15, 0.2) is 0 Å². The molecule has 0 atom stereocenters. The minimum atomic E-state index is 0.286. The Kier molecular flexibility index (Phi) is 7.93. The third kappa shape index (κ3) is 5.32. The predicted molar refractivity (Wildman–Crippen MR) is 94.3 cm³/mol. The van der Waals surface area contributed by atoms with Crippen LogP contribution in [0.2, 0.25) is 0 Å². The van der Waals surface area contributed by atoms with Crippen LogP contribution >= 0.6 is 7.92 Å². The van der Waals surface area contributed by atoms with E-state index in [1.165, 1.54) is 64.2 Å². The second-order valence-electron chi connectivity index (χ2n) is 7.54. The molecule has 0 N–H and O–H groups in total. The van der Waals surface area contributed by atoms with Crippen LogP contribution in [0.3, 0.4) is 0 Å². The lowest BCUT2D eigenvalue weighted by Crippen LogP contribution is -2.22. The normalized spacial score (nSPS) is 25.2. The summed E-state index contributed by atoms with van der Waals surface area (Å²) in [5, 5.41) is 0. The third-order valence-electron chi connectivity index (χ3n) is 5.59. The van der Waals surface area contributed by atoms with Crippen LogP contribution < -0.4 is 0 Å². The summed E-state index contributed by atoms with van der Waals surface area (Å²) < 4.78 is 0. The first-order valence-corrected chi connectivity index (χ1v) is 11.1. The Bertz CT molecular complexity index is 210. The van der Waals surface area contributed by atoms with Crippen molar-refractivity contribution >= 4 is 7.92 Å². The van der Waals surface area contributed by atoms with E-state index in [1.54, 1.807) is 25.7 Å². The lowest BCUT2D eigenvalue weighted by Gasteiger charge is -2.39. The lowest BCUT2D eigenvalue weighted by molar-refractivity contribution is 0.487. The van der Waals surface area contributed by atoms with E-state index in [-0.39, 0.29) is 7.92 Å². The summed E-state index contributed by atoms with van der Waals surface area (Å²) in [5.41, 5.74) is 3.21. The molecule has 0 radical (unpaired) electrons. The van der Waals surface area contributed by atoms with Gasteiger partial charge in [0.1, 0.15) is 0 Å². The monoisotopic (exact) mass is 296 g/mol. The van der Waals surface area contributed by atoms with Gasteiger partial charge in [0.25, 0.3) is 0 Å². The Labute approximate surface area is 129 Å². The van der Waals surface area contributed by atoms with Gasteiger partial charge in [-0.25, -0.2) is 0 Å². The summed E-state index contributed by atoms with van der Waals surface area (Å²) in [7, 11) is 0.286. The molecule has 0 aromatic carbocycles. The number of hydrogen-bond acceptors (Lipinski definition) is 0. The quantitative estimate of drug-likeness (QED) is 0.487. The molecule has 0 saturated heterocycles. The minimum absolute atomic E-state index is 0.286. The topological polar surface area (TPSA) is 0 Å². The average Bonchev–Trinajstić information content (AvgIpc) is 2.33. The van der Waals surface area contributed by atoms with Crippen molar-refractivity contribution in [3.63, 3.8) is 0 Å². The first-order valence-electron chi connectivity index (χ1n) is 9.56. The molecule has 20 heavy (non-hydrogen) atoms. The molecule has 0 amide bonds. The van der Waals surface area contributed by atoms with Crippen molar-refractivity contribution in [3.05, 3.63) is 0 Å². The second-order valence-corrected chi connectivity index (χ2v) is 10.9. The largest absolute Gasteiger partial charge is 0.0977 e. The minimum Gasteiger partial charge on any atom is -0.0977 e. The van der Waals surface area contributed by atoms with E-state index in [0.717, 1.165) is 17.0 Å². The molecule has 0 spiro atoms. The fourth-order valence-electron chi connectivity index (χ4n) is 4.61. The van der Waals surface area contributed by atoms with Gasteiger partial charge in [-0.05, 0) is 42.7 Å². The zero-order valence-corrected chi connectivity index (χ0v) is 15.0. The summed E-state index contributed by atoms with van der Waals surface area (Å²) >= 11 is 0. The molecule has 0 unspecified atom stereocenters. The smallest absolute Gasteiger partial charge is 0.0204 e. The molecule has 0 aromatic heterocycles. The van der Waals surface area contributed by atoms with Gasteiger partial charge in [0.05, 0.1) is 0 Å². The fraction of sp³-hybridized carbons (Fsp3) is 1.00. The third-order valence-corrected chi connectivity index (χ3v) is 9.50. The molecule has 2 rings (SSSR count). The van der Waals surface area contributed by atoms with E-state index in [1.807, 2.05) is 0 Å². The maximum Gasteiger partial charge on any atom is -0.0204 e. The predicted octanol–water partition coefficient (Wildman–Crippen LogP) is 7.10. The molecule has 0 bridgehead atoms. The van der Waals surface area contributed by atoms with Crippen molar-refractivity contribution in [2.75, 3.05) is 0 Å². The number of hydrogen-bond donors (Lipinski definition) is 0. The van der Waals surface area contributed by atoms with Crippen LogP contribution in [0.5, 0.6) is 0 Å². The van der Waals surface area contributed by atoms with E-state index in [9.17, 15) is 0 Å². The Morgan fingerprint density at radius 2 is 0.850 bits per heavy atom. The van der Waals surface area contributed by atoms with Crippen LogP contribution in [-0.2, 0) is 0 Å². The fourth-order valence-corrected chi connectivity index (χ4v) is 8.81. The van der Waals surface area contributed by atoms with Crippen LogP contribution in [-0.4, -0.2) is 17.0 Å². The highest BCUT2D eigenvalue weighted by atomic mass is 31.1. The molecule has 2 aliphatic carbocycles. The van der Waals surface area contributed by atoms with Gasteiger partial charge in [-0.2, -0.15) is 0 Å². The van der Waals surface area contributed by atoms with Crippen LogP contribution in [0.25, 0.3) is 0 Å². The summed E-state index contributed by atoms with van der Waals surface area (Å²) in [5.74, 6) is 0. The molecule has 0 nitrogen and oxygen atoms in total. The first kappa shape index (κ1) is 16.8. The van der Waals surface area contributed by atoms with E-state index < -0.39 is 0 Å². The van der Waals surface area contributed by atoms with Gasteiger partial charge < -0.3 is 0 Å². The molecule has 1 heteroatoms. The zero-order chi connectivity index (χ0) is 14.2. The van der Waals surface area contributed by atoms with Gasteiger partial charge in [0.2, 0.25) is 0 Å². The molecule has 2 fully saturated rings. The zero-order valence-electron chi connectivity index (χ0n) is 14.1. The molecule has 2 saturated carbocycles. The van der Waals surface area contributed by atoms with Crippen molar-refractivity contribution < 1.29 is 0 Å². The van der Waals surface area contributed by atoms with E-state index in [4.69, 9.17) is 0 Å². The van der Waals surface area contributed by atoms with Crippen molar-refractivity contribution in [3.8, 4) is 0 Å². The maximum absolute atomic E-state index is 2.54. The Morgan fingerprint density at radius 1 is 0.550 bits per heavy atom. The standard InChI is InChI=1S/C19H37P/c1-17(2)20(18-13-9-5-3-6-10-14-18)19-15-11-7-4-8-12-16-19/h17-19H,3-16H2,1-2H3. The van der Waals surface area contributed by atoms with E-state index >= 15 is 0 Å². The van der Waals surface area contributed by atoms with Crippen LogP contribution in [0, 0.1) is 0 Å². The summed E-state index contributed by atoms with van der Waals surface area (Å²) in [4.78, 5) is 0. The lowest BCUT2D eigenvalue weighted by atomic mass is 10.00. The highest BCUT2D eigenvalue weighted by Gasteiger charge is 2.31. The molecule has 0 aliphatic heterocycles. The molecular formula is C19H37P. The Morgan fingerprint density at radius 3 is 1.15 bits per heavy atom. The highest BCUT2D eigenvalue weighted by Crippen LogP contribution is 2.57. The summed E-state index contributed by atoms with van der Waals surface area (Å²) in [6, 6.07) is 0. The van der Waals surface area contributed by atoms with Gasteiger partial charge >= 0.3 is 0 Å². The molecule has 0 aromatic rings. The van der Waals surface area contributed by atoms with Crippen LogP contribution in [0.1, 0.15) is 104 Å². The molecule has 2 aliphatic rings. The molecular weight excluding hydrogens is 259 g/mol. The SMILES string of the molecule is CC(C)P(C1CCCCCCC1)C1CCCCCCC1. The molecule has 118 valence electrons.